The van der Waals surface area contributed by atoms with Crippen molar-refractivity contribution in [3.63, 3.8) is 0 Å². The summed E-state index contributed by atoms with van der Waals surface area (Å²) in [5.41, 5.74) is 2.82. The number of pyridine rings is 1. The first-order valence-corrected chi connectivity index (χ1v) is 11.5. The monoisotopic (exact) mass is 465 g/mol. The van der Waals surface area contributed by atoms with Gasteiger partial charge in [0.1, 0.15) is 6.04 Å². The Balaban J connectivity index is 1.50. The lowest BCUT2D eigenvalue weighted by Gasteiger charge is -2.33. The largest absolute Gasteiger partial charge is 0.496 e. The fraction of sp³-hybridized carbons (Fsp3) is 0.440. The summed E-state index contributed by atoms with van der Waals surface area (Å²) in [6, 6.07) is 9.49. The first kappa shape index (κ1) is 24.3. The molecule has 0 amide bonds. The van der Waals surface area contributed by atoms with Gasteiger partial charge in [-0.15, -0.1) is 0 Å². The SMILES string of the molecule is COc1ncc(B2OC(C)(C)C(C)(C)O2)cc1/C=C/c1ccc(N2CCNC(C(=O)O)C2)cc1. The van der Waals surface area contributed by atoms with E-state index in [1.807, 2.05) is 70.2 Å². The van der Waals surface area contributed by atoms with E-state index >= 15 is 0 Å². The zero-order valence-electron chi connectivity index (χ0n) is 20.4. The number of carboxylic acid groups (broad SMARTS) is 1. The summed E-state index contributed by atoms with van der Waals surface area (Å²) in [4.78, 5) is 17.8. The van der Waals surface area contributed by atoms with Gasteiger partial charge in [-0.05, 0) is 57.5 Å². The number of nitrogens with zero attached hydrogens (tertiary/aromatic N) is 2. The van der Waals surface area contributed by atoms with Crippen molar-refractivity contribution in [1.82, 2.24) is 10.3 Å². The van der Waals surface area contributed by atoms with Crippen molar-refractivity contribution in [3.05, 3.63) is 47.7 Å². The minimum Gasteiger partial charge on any atom is -0.481 e. The smallest absolute Gasteiger partial charge is 0.481 e. The van der Waals surface area contributed by atoms with Crippen molar-refractivity contribution in [2.75, 3.05) is 31.6 Å². The predicted molar refractivity (Wildman–Crippen MR) is 134 cm³/mol. The first-order valence-electron chi connectivity index (χ1n) is 11.5. The molecule has 0 radical (unpaired) electrons. The van der Waals surface area contributed by atoms with E-state index in [-0.39, 0.29) is 0 Å². The van der Waals surface area contributed by atoms with Gasteiger partial charge in [0.05, 0.1) is 18.3 Å². The molecule has 4 rings (SSSR count). The number of rotatable bonds is 6. The highest BCUT2D eigenvalue weighted by atomic mass is 16.7. The fourth-order valence-corrected chi connectivity index (χ4v) is 4.02. The minimum atomic E-state index is -0.824. The maximum Gasteiger partial charge on any atom is 0.496 e. The van der Waals surface area contributed by atoms with Crippen molar-refractivity contribution >= 4 is 36.4 Å². The lowest BCUT2D eigenvalue weighted by molar-refractivity contribution is -0.139. The van der Waals surface area contributed by atoms with Crippen molar-refractivity contribution in [3.8, 4) is 5.88 Å². The van der Waals surface area contributed by atoms with Gasteiger partial charge in [-0.3, -0.25) is 4.79 Å². The Morgan fingerprint density at radius 2 is 1.88 bits per heavy atom. The van der Waals surface area contributed by atoms with Crippen LogP contribution in [-0.2, 0) is 14.1 Å². The average Bonchev–Trinajstić information content (AvgIpc) is 3.04. The van der Waals surface area contributed by atoms with Crippen LogP contribution in [0.5, 0.6) is 5.88 Å². The third kappa shape index (κ3) is 4.96. The second kappa shape index (κ2) is 9.41. The Labute approximate surface area is 201 Å². The number of piperazine rings is 1. The van der Waals surface area contributed by atoms with Gasteiger partial charge in [0.2, 0.25) is 5.88 Å². The van der Waals surface area contributed by atoms with Crippen molar-refractivity contribution < 1.29 is 23.9 Å². The molecule has 1 unspecified atom stereocenters. The molecule has 0 bridgehead atoms. The molecule has 1 aromatic heterocycles. The molecular formula is C25H32BN3O5. The van der Waals surface area contributed by atoms with Gasteiger partial charge in [-0.25, -0.2) is 4.98 Å². The van der Waals surface area contributed by atoms with Crippen LogP contribution < -0.4 is 20.4 Å². The highest BCUT2D eigenvalue weighted by Gasteiger charge is 2.51. The summed E-state index contributed by atoms with van der Waals surface area (Å²) in [7, 11) is 1.10. The van der Waals surface area contributed by atoms with Gasteiger partial charge >= 0.3 is 13.1 Å². The molecule has 9 heteroatoms. The van der Waals surface area contributed by atoms with Crippen LogP contribution >= 0.6 is 0 Å². The summed E-state index contributed by atoms with van der Waals surface area (Å²) in [5.74, 6) is -0.303. The number of benzene rings is 1. The third-order valence-corrected chi connectivity index (χ3v) is 6.81. The Morgan fingerprint density at radius 3 is 2.50 bits per heavy atom. The van der Waals surface area contributed by atoms with E-state index in [1.54, 1.807) is 13.3 Å². The minimum absolute atomic E-state index is 0.426. The molecule has 0 spiro atoms. The third-order valence-electron chi connectivity index (χ3n) is 6.81. The van der Waals surface area contributed by atoms with E-state index in [2.05, 4.69) is 15.2 Å². The molecule has 180 valence electrons. The number of ether oxygens (including phenoxy) is 1. The first-order chi connectivity index (χ1) is 16.1. The van der Waals surface area contributed by atoms with E-state index in [1.165, 1.54) is 0 Å². The van der Waals surface area contributed by atoms with Gasteiger partial charge in [-0.2, -0.15) is 0 Å². The van der Waals surface area contributed by atoms with E-state index < -0.39 is 30.3 Å². The lowest BCUT2D eigenvalue weighted by Crippen LogP contribution is -2.54. The van der Waals surface area contributed by atoms with Gasteiger partial charge in [0.15, 0.2) is 0 Å². The summed E-state index contributed by atoms with van der Waals surface area (Å²) < 4.78 is 17.8. The van der Waals surface area contributed by atoms with Gasteiger partial charge in [-0.1, -0.05) is 18.2 Å². The van der Waals surface area contributed by atoms with Gasteiger partial charge < -0.3 is 29.4 Å². The quantitative estimate of drug-likeness (QED) is 0.629. The summed E-state index contributed by atoms with van der Waals surface area (Å²) in [6.45, 7) is 9.96. The van der Waals surface area contributed by atoms with Crippen LogP contribution in [0.2, 0.25) is 0 Å². The fourth-order valence-electron chi connectivity index (χ4n) is 4.02. The normalized spacial score (nSPS) is 21.7. The standard InChI is InChI=1S/C25H32BN3O5/c1-24(2)25(3,4)34-26(33-24)19-14-18(22(32-5)28-15-19)9-6-17-7-10-20(11-8-17)29-13-12-27-21(16-29)23(30)31/h6-11,14-15,21,27H,12-13,16H2,1-5H3,(H,30,31)/b9-6+. The molecule has 1 aromatic carbocycles. The molecule has 34 heavy (non-hydrogen) atoms. The van der Waals surface area contributed by atoms with Crippen LogP contribution in [-0.4, -0.2) is 67.2 Å². The number of carbonyl (C=O) groups is 1. The Bertz CT molecular complexity index is 1050. The van der Waals surface area contributed by atoms with Crippen LogP contribution in [0.25, 0.3) is 12.2 Å². The number of aromatic nitrogens is 1. The Kier molecular flexibility index (Phi) is 6.71. The molecule has 0 saturated carbocycles. The van der Waals surface area contributed by atoms with E-state index in [0.29, 0.717) is 19.0 Å². The van der Waals surface area contributed by atoms with Gasteiger partial charge in [0.25, 0.3) is 0 Å². The average molecular weight is 465 g/mol. The zero-order valence-corrected chi connectivity index (χ0v) is 20.4. The van der Waals surface area contributed by atoms with E-state index in [9.17, 15) is 9.90 Å². The molecule has 3 heterocycles. The maximum absolute atomic E-state index is 11.3. The maximum atomic E-state index is 11.3. The molecule has 2 aliphatic rings. The highest BCUT2D eigenvalue weighted by molar-refractivity contribution is 6.62. The summed E-state index contributed by atoms with van der Waals surface area (Å²) in [5, 5.41) is 12.3. The molecule has 0 aliphatic carbocycles. The number of hydrogen-bond donors (Lipinski definition) is 2. The van der Waals surface area contributed by atoms with Crippen LogP contribution in [0.4, 0.5) is 5.69 Å². The highest BCUT2D eigenvalue weighted by Crippen LogP contribution is 2.36. The van der Waals surface area contributed by atoms with E-state index in [0.717, 1.165) is 28.8 Å². The predicted octanol–water partition coefficient (Wildman–Crippen LogP) is 2.42. The number of carboxylic acids is 1. The lowest BCUT2D eigenvalue weighted by atomic mass is 9.79. The molecule has 1 atom stereocenters. The molecule has 2 saturated heterocycles. The molecular weight excluding hydrogens is 433 g/mol. The zero-order chi connectivity index (χ0) is 24.5. The van der Waals surface area contributed by atoms with Gasteiger partial charge in [0, 0.05) is 42.5 Å². The topological polar surface area (TPSA) is 93.2 Å². The molecule has 2 fully saturated rings. The molecule has 8 nitrogen and oxygen atoms in total. The Morgan fingerprint density at radius 1 is 1.21 bits per heavy atom. The van der Waals surface area contributed by atoms with Crippen LogP contribution in [0, 0.1) is 0 Å². The van der Waals surface area contributed by atoms with Crippen molar-refractivity contribution in [1.29, 1.82) is 0 Å². The second-order valence-corrected chi connectivity index (χ2v) is 9.67. The second-order valence-electron chi connectivity index (χ2n) is 9.67. The number of aliphatic carboxylic acids is 1. The molecule has 2 aliphatic heterocycles. The number of anilines is 1. The molecule has 2 aromatic rings. The summed E-state index contributed by atoms with van der Waals surface area (Å²) in [6.07, 6.45) is 5.68. The van der Waals surface area contributed by atoms with Crippen molar-refractivity contribution in [2.45, 2.75) is 44.9 Å². The van der Waals surface area contributed by atoms with Crippen LogP contribution in [0.15, 0.2) is 36.5 Å². The van der Waals surface area contributed by atoms with E-state index in [4.69, 9.17) is 14.0 Å². The van der Waals surface area contributed by atoms with Crippen molar-refractivity contribution in [2.24, 2.45) is 0 Å². The molecule has 2 N–H and O–H groups in total. The number of methoxy groups -OCH3 is 1. The van der Waals surface area contributed by atoms with Crippen LogP contribution in [0.3, 0.4) is 0 Å². The Hall–Kier alpha value is -2.88. The van der Waals surface area contributed by atoms with Crippen LogP contribution in [0.1, 0.15) is 38.8 Å². The number of hydrogen-bond acceptors (Lipinski definition) is 7. The summed E-state index contributed by atoms with van der Waals surface area (Å²) >= 11 is 0. The number of nitrogens with one attached hydrogen (secondary N) is 1.